The molecular formula is C18H17ClFN3O2. The van der Waals surface area contributed by atoms with E-state index in [1.54, 1.807) is 21.9 Å². The summed E-state index contributed by atoms with van der Waals surface area (Å²) in [6, 6.07) is 9.29. The Bertz CT molecular complexity index is 820. The van der Waals surface area contributed by atoms with Crippen LogP contribution in [0.2, 0.25) is 5.02 Å². The molecule has 1 aliphatic heterocycles. The normalized spacial score (nSPS) is 14.5. The highest BCUT2D eigenvalue weighted by Gasteiger charge is 2.27. The number of rotatable bonds is 2. The molecular weight excluding hydrogens is 345 g/mol. The topological polar surface area (TPSA) is 53.5 Å². The number of aromatic nitrogens is 1. The highest BCUT2D eigenvalue weighted by molar-refractivity contribution is 6.30. The molecule has 0 bridgehead atoms. The summed E-state index contributed by atoms with van der Waals surface area (Å²) in [5, 5.41) is 0.245. The monoisotopic (exact) mass is 361 g/mol. The Morgan fingerprint density at radius 1 is 1.04 bits per heavy atom. The maximum atomic E-state index is 13.9. The van der Waals surface area contributed by atoms with Crippen molar-refractivity contribution in [2.24, 2.45) is 0 Å². The second kappa shape index (κ2) is 7.19. The van der Waals surface area contributed by atoms with Crippen molar-refractivity contribution in [2.75, 3.05) is 26.2 Å². The molecule has 1 saturated heterocycles. The molecule has 0 spiro atoms. The average molecular weight is 362 g/mol. The van der Waals surface area contributed by atoms with Gasteiger partial charge in [0.25, 0.3) is 11.8 Å². The zero-order valence-electron chi connectivity index (χ0n) is 13.7. The molecule has 1 aromatic heterocycles. The van der Waals surface area contributed by atoms with E-state index < -0.39 is 11.7 Å². The van der Waals surface area contributed by atoms with Gasteiger partial charge in [0.05, 0.1) is 5.56 Å². The van der Waals surface area contributed by atoms with E-state index in [0.29, 0.717) is 31.9 Å². The number of carbonyl (C=O) groups excluding carboxylic acids is 2. The first-order chi connectivity index (χ1) is 12.0. The van der Waals surface area contributed by atoms with E-state index >= 15 is 0 Å². The first-order valence-electron chi connectivity index (χ1n) is 7.93. The fourth-order valence-electron chi connectivity index (χ4n) is 2.77. The fourth-order valence-corrected chi connectivity index (χ4v) is 2.93. The summed E-state index contributed by atoms with van der Waals surface area (Å²) < 4.78 is 13.9. The molecule has 3 rings (SSSR count). The molecule has 0 atom stereocenters. The molecule has 25 heavy (non-hydrogen) atoms. The standard InChI is InChI=1S/C18H17ClFN3O2/c1-12-3-2-4-16(21-12)18(25)23-9-7-22(8-10-23)17(24)14-6-5-13(19)11-15(14)20/h2-6,11H,7-10H2,1H3. The van der Waals surface area contributed by atoms with Gasteiger partial charge < -0.3 is 9.80 Å². The molecule has 0 saturated carbocycles. The lowest BCUT2D eigenvalue weighted by Crippen LogP contribution is -2.50. The van der Waals surface area contributed by atoms with Crippen molar-refractivity contribution in [1.29, 1.82) is 0 Å². The molecule has 0 aliphatic carbocycles. The Hall–Kier alpha value is -2.47. The van der Waals surface area contributed by atoms with Gasteiger partial charge in [-0.1, -0.05) is 17.7 Å². The molecule has 2 aromatic rings. The summed E-state index contributed by atoms with van der Waals surface area (Å²) in [5.41, 5.74) is 1.16. The quantitative estimate of drug-likeness (QED) is 0.826. The van der Waals surface area contributed by atoms with Crippen LogP contribution in [-0.4, -0.2) is 52.8 Å². The van der Waals surface area contributed by atoms with E-state index in [0.717, 1.165) is 11.8 Å². The van der Waals surface area contributed by atoms with Crippen LogP contribution in [0, 0.1) is 12.7 Å². The lowest BCUT2D eigenvalue weighted by atomic mass is 10.1. The van der Waals surface area contributed by atoms with Gasteiger partial charge in [-0.05, 0) is 37.3 Å². The summed E-state index contributed by atoms with van der Waals surface area (Å²) in [4.78, 5) is 32.4. The fraction of sp³-hybridized carbons (Fsp3) is 0.278. The molecule has 7 heteroatoms. The zero-order chi connectivity index (χ0) is 18.0. The Morgan fingerprint density at radius 3 is 2.28 bits per heavy atom. The molecule has 5 nitrogen and oxygen atoms in total. The maximum absolute atomic E-state index is 13.9. The lowest BCUT2D eigenvalue weighted by Gasteiger charge is -2.34. The molecule has 130 valence electrons. The zero-order valence-corrected chi connectivity index (χ0v) is 14.5. The van der Waals surface area contributed by atoms with Crippen LogP contribution >= 0.6 is 11.6 Å². The minimum Gasteiger partial charge on any atom is -0.335 e. The molecule has 1 aromatic carbocycles. The van der Waals surface area contributed by atoms with Gasteiger partial charge in [0, 0.05) is 36.9 Å². The third kappa shape index (κ3) is 3.79. The number of piperazine rings is 1. The van der Waals surface area contributed by atoms with E-state index in [1.165, 1.54) is 12.1 Å². The minimum absolute atomic E-state index is 0.00970. The van der Waals surface area contributed by atoms with Crippen molar-refractivity contribution in [3.63, 3.8) is 0 Å². The van der Waals surface area contributed by atoms with Crippen molar-refractivity contribution >= 4 is 23.4 Å². The second-order valence-corrected chi connectivity index (χ2v) is 6.31. The number of amides is 2. The van der Waals surface area contributed by atoms with Crippen LogP contribution in [-0.2, 0) is 0 Å². The highest BCUT2D eigenvalue weighted by atomic mass is 35.5. The van der Waals surface area contributed by atoms with Crippen molar-refractivity contribution in [3.8, 4) is 0 Å². The maximum Gasteiger partial charge on any atom is 0.272 e. The van der Waals surface area contributed by atoms with Gasteiger partial charge in [0.15, 0.2) is 0 Å². The van der Waals surface area contributed by atoms with Gasteiger partial charge >= 0.3 is 0 Å². The summed E-state index contributed by atoms with van der Waals surface area (Å²) in [6.45, 7) is 3.29. The van der Waals surface area contributed by atoms with Crippen LogP contribution in [0.1, 0.15) is 26.5 Å². The molecule has 0 radical (unpaired) electrons. The van der Waals surface area contributed by atoms with Crippen LogP contribution < -0.4 is 0 Å². The van der Waals surface area contributed by atoms with Gasteiger partial charge in [-0.2, -0.15) is 0 Å². The predicted octanol–water partition coefficient (Wildman–Crippen LogP) is 2.78. The molecule has 1 fully saturated rings. The Kier molecular flexibility index (Phi) is 4.99. The number of pyridine rings is 1. The van der Waals surface area contributed by atoms with Crippen LogP contribution in [0.4, 0.5) is 4.39 Å². The summed E-state index contributed by atoms with van der Waals surface area (Å²) in [5.74, 6) is -1.19. The Labute approximate surface area is 150 Å². The van der Waals surface area contributed by atoms with Crippen LogP contribution in [0.25, 0.3) is 0 Å². The van der Waals surface area contributed by atoms with Crippen molar-refractivity contribution in [1.82, 2.24) is 14.8 Å². The largest absolute Gasteiger partial charge is 0.335 e. The first-order valence-corrected chi connectivity index (χ1v) is 8.31. The lowest BCUT2D eigenvalue weighted by molar-refractivity contribution is 0.0529. The van der Waals surface area contributed by atoms with Gasteiger partial charge in [-0.25, -0.2) is 9.37 Å². The van der Waals surface area contributed by atoms with Crippen molar-refractivity contribution < 1.29 is 14.0 Å². The number of benzene rings is 1. The molecule has 2 amide bonds. The number of aryl methyl sites for hydroxylation is 1. The molecule has 0 N–H and O–H groups in total. The molecule has 0 unspecified atom stereocenters. The van der Waals surface area contributed by atoms with Crippen LogP contribution in [0.15, 0.2) is 36.4 Å². The van der Waals surface area contributed by atoms with Crippen LogP contribution in [0.3, 0.4) is 0 Å². The van der Waals surface area contributed by atoms with E-state index in [2.05, 4.69) is 4.98 Å². The van der Waals surface area contributed by atoms with Crippen molar-refractivity contribution in [2.45, 2.75) is 6.92 Å². The van der Waals surface area contributed by atoms with Gasteiger partial charge in [-0.3, -0.25) is 9.59 Å². The SMILES string of the molecule is Cc1cccc(C(=O)N2CCN(C(=O)c3ccc(Cl)cc3F)CC2)n1. The third-order valence-electron chi connectivity index (χ3n) is 4.12. The Morgan fingerprint density at radius 2 is 1.68 bits per heavy atom. The Balaban J connectivity index is 1.65. The smallest absolute Gasteiger partial charge is 0.272 e. The van der Waals surface area contributed by atoms with Gasteiger partial charge in [-0.15, -0.1) is 0 Å². The summed E-state index contributed by atoms with van der Waals surface area (Å²) in [7, 11) is 0. The van der Waals surface area contributed by atoms with E-state index in [9.17, 15) is 14.0 Å². The van der Waals surface area contributed by atoms with E-state index in [-0.39, 0.29) is 16.5 Å². The number of hydrogen-bond donors (Lipinski definition) is 0. The molecule has 2 heterocycles. The second-order valence-electron chi connectivity index (χ2n) is 5.87. The summed E-state index contributed by atoms with van der Waals surface area (Å²) in [6.07, 6.45) is 0. The molecule has 1 aliphatic rings. The van der Waals surface area contributed by atoms with Crippen LogP contribution in [0.5, 0.6) is 0 Å². The van der Waals surface area contributed by atoms with Gasteiger partial charge in [0.1, 0.15) is 11.5 Å². The first kappa shape index (κ1) is 17.4. The number of carbonyl (C=O) groups is 2. The summed E-state index contributed by atoms with van der Waals surface area (Å²) >= 11 is 5.72. The van der Waals surface area contributed by atoms with Gasteiger partial charge in [0.2, 0.25) is 0 Å². The predicted molar refractivity (Wildman–Crippen MR) is 92.2 cm³/mol. The number of nitrogens with zero attached hydrogens (tertiary/aromatic N) is 3. The van der Waals surface area contributed by atoms with E-state index in [4.69, 9.17) is 11.6 Å². The minimum atomic E-state index is -0.639. The highest BCUT2D eigenvalue weighted by Crippen LogP contribution is 2.17. The van der Waals surface area contributed by atoms with E-state index in [1.807, 2.05) is 13.0 Å². The number of halogens is 2. The van der Waals surface area contributed by atoms with Crippen molar-refractivity contribution in [3.05, 3.63) is 64.2 Å². The average Bonchev–Trinajstić information content (AvgIpc) is 2.61. The third-order valence-corrected chi connectivity index (χ3v) is 4.36. The number of hydrogen-bond acceptors (Lipinski definition) is 3.